The lowest BCUT2D eigenvalue weighted by Gasteiger charge is -2.13. The summed E-state index contributed by atoms with van der Waals surface area (Å²) in [6.07, 6.45) is 4.26. The number of hydrogen-bond donors (Lipinski definition) is 1. The number of nitrogens with zero attached hydrogens (tertiary/aromatic N) is 5. The number of benzene rings is 2. The van der Waals surface area contributed by atoms with E-state index in [9.17, 15) is 4.79 Å². The third-order valence-corrected chi connectivity index (χ3v) is 7.82. The molecule has 5 aromatic rings. The second kappa shape index (κ2) is 11.7. The number of nitrogens with one attached hydrogen (secondary N) is 1. The Morgan fingerprint density at radius 1 is 1.11 bits per heavy atom. The molecule has 186 valence electrons. The highest BCUT2D eigenvalue weighted by Crippen LogP contribution is 2.32. The first kappa shape index (κ1) is 25.1. The van der Waals surface area contributed by atoms with Crippen LogP contribution in [0.2, 0.25) is 5.02 Å². The minimum absolute atomic E-state index is 0.167. The highest BCUT2D eigenvalue weighted by molar-refractivity contribution is 7.98. The van der Waals surface area contributed by atoms with Gasteiger partial charge in [0.25, 0.3) is 5.91 Å². The third kappa shape index (κ3) is 6.07. The number of amides is 1. The van der Waals surface area contributed by atoms with E-state index in [0.29, 0.717) is 34.0 Å². The predicted molar refractivity (Wildman–Crippen MR) is 148 cm³/mol. The van der Waals surface area contributed by atoms with Crippen molar-refractivity contribution in [2.45, 2.75) is 24.3 Å². The summed E-state index contributed by atoms with van der Waals surface area (Å²) in [4.78, 5) is 21.4. The summed E-state index contributed by atoms with van der Waals surface area (Å²) >= 11 is 9.30. The van der Waals surface area contributed by atoms with Gasteiger partial charge in [0.2, 0.25) is 0 Å². The van der Waals surface area contributed by atoms with E-state index in [1.54, 1.807) is 17.8 Å². The molecule has 0 bridgehead atoms. The van der Waals surface area contributed by atoms with Crippen LogP contribution >= 0.6 is 34.7 Å². The van der Waals surface area contributed by atoms with E-state index in [2.05, 4.69) is 25.5 Å². The Hall–Kier alpha value is -3.53. The molecule has 3 heterocycles. The maximum atomic E-state index is 12.6. The number of hydrogen-bond acceptors (Lipinski definition) is 7. The van der Waals surface area contributed by atoms with Gasteiger partial charge in [-0.15, -0.1) is 21.5 Å². The Labute approximate surface area is 228 Å². The van der Waals surface area contributed by atoms with Crippen molar-refractivity contribution in [2.24, 2.45) is 0 Å². The van der Waals surface area contributed by atoms with Gasteiger partial charge in [0.05, 0.1) is 11.4 Å². The van der Waals surface area contributed by atoms with E-state index in [0.717, 1.165) is 28.2 Å². The van der Waals surface area contributed by atoms with E-state index < -0.39 is 0 Å². The van der Waals surface area contributed by atoms with Crippen LogP contribution in [0.3, 0.4) is 0 Å². The van der Waals surface area contributed by atoms with Gasteiger partial charge in [0, 0.05) is 34.9 Å². The second-order valence-electron chi connectivity index (χ2n) is 8.22. The molecule has 2 aromatic carbocycles. The lowest BCUT2D eigenvalue weighted by Crippen LogP contribution is -2.26. The standard InChI is InChI=1S/C27H23ClN6OS2/c1-18-9-10-21(28)14-23(18)34-25(20-8-5-12-29-15-20)32-33-27(34)37-17-24-31-22(16-36-24)26(35)30-13-11-19-6-3-2-4-7-19/h2-10,12,14-16H,11,13,17H2,1H3,(H,30,35). The lowest BCUT2D eigenvalue weighted by molar-refractivity contribution is 0.0949. The smallest absolute Gasteiger partial charge is 0.270 e. The molecule has 5 rings (SSSR count). The minimum Gasteiger partial charge on any atom is -0.350 e. The maximum Gasteiger partial charge on any atom is 0.270 e. The molecule has 0 fully saturated rings. The molecule has 0 saturated heterocycles. The first-order chi connectivity index (χ1) is 18.1. The van der Waals surface area contributed by atoms with Crippen molar-refractivity contribution in [3.05, 3.63) is 105 Å². The molecule has 0 atom stereocenters. The fourth-order valence-electron chi connectivity index (χ4n) is 3.75. The van der Waals surface area contributed by atoms with Crippen LogP contribution in [0, 0.1) is 6.92 Å². The molecule has 0 spiro atoms. The number of carbonyl (C=O) groups excluding carboxylic acids is 1. The molecule has 0 radical (unpaired) electrons. The average Bonchev–Trinajstić information content (AvgIpc) is 3.57. The van der Waals surface area contributed by atoms with E-state index in [4.69, 9.17) is 11.6 Å². The molecule has 0 unspecified atom stereocenters. The van der Waals surface area contributed by atoms with Crippen molar-refractivity contribution < 1.29 is 4.79 Å². The lowest BCUT2D eigenvalue weighted by atomic mass is 10.1. The number of rotatable bonds is 9. The summed E-state index contributed by atoms with van der Waals surface area (Å²) in [5.41, 5.74) is 4.40. The topological polar surface area (TPSA) is 85.6 Å². The predicted octanol–water partition coefficient (Wildman–Crippen LogP) is 6.01. The molecule has 37 heavy (non-hydrogen) atoms. The van der Waals surface area contributed by atoms with Crippen LogP contribution in [0.25, 0.3) is 17.1 Å². The Kier molecular flexibility index (Phi) is 7.93. The van der Waals surface area contributed by atoms with Crippen LogP contribution in [-0.2, 0) is 12.2 Å². The van der Waals surface area contributed by atoms with E-state index in [-0.39, 0.29) is 5.91 Å². The van der Waals surface area contributed by atoms with Crippen molar-refractivity contribution in [1.29, 1.82) is 0 Å². The number of aromatic nitrogens is 5. The molecule has 1 N–H and O–H groups in total. The zero-order chi connectivity index (χ0) is 25.6. The Morgan fingerprint density at radius 3 is 2.78 bits per heavy atom. The maximum absolute atomic E-state index is 12.6. The van der Waals surface area contributed by atoms with E-state index in [1.807, 2.05) is 72.2 Å². The van der Waals surface area contributed by atoms with Crippen molar-refractivity contribution in [3.8, 4) is 17.1 Å². The van der Waals surface area contributed by atoms with Crippen molar-refractivity contribution in [1.82, 2.24) is 30.0 Å². The van der Waals surface area contributed by atoms with Crippen LogP contribution in [0.5, 0.6) is 0 Å². The summed E-state index contributed by atoms with van der Waals surface area (Å²) in [6.45, 7) is 2.58. The van der Waals surface area contributed by atoms with Gasteiger partial charge in [-0.3, -0.25) is 14.3 Å². The van der Waals surface area contributed by atoms with Crippen LogP contribution in [0.15, 0.2) is 83.6 Å². The van der Waals surface area contributed by atoms with Crippen molar-refractivity contribution >= 4 is 40.6 Å². The Bertz CT molecular complexity index is 1500. The monoisotopic (exact) mass is 546 g/mol. The molecule has 1 amide bonds. The molecule has 0 aliphatic rings. The summed E-state index contributed by atoms with van der Waals surface area (Å²) < 4.78 is 1.99. The van der Waals surface area contributed by atoms with Crippen LogP contribution in [0.4, 0.5) is 0 Å². The number of pyridine rings is 1. The number of aryl methyl sites for hydroxylation is 1. The quantitative estimate of drug-likeness (QED) is 0.228. The first-order valence-electron chi connectivity index (χ1n) is 11.6. The average molecular weight is 547 g/mol. The summed E-state index contributed by atoms with van der Waals surface area (Å²) in [5, 5.41) is 15.8. The molecule has 0 aliphatic heterocycles. The Morgan fingerprint density at radius 2 is 1.97 bits per heavy atom. The minimum atomic E-state index is -0.167. The van der Waals surface area contributed by atoms with Gasteiger partial charge in [-0.1, -0.05) is 59.8 Å². The summed E-state index contributed by atoms with van der Waals surface area (Å²) in [6, 6.07) is 19.6. The first-order valence-corrected chi connectivity index (χ1v) is 13.8. The highest BCUT2D eigenvalue weighted by Gasteiger charge is 2.19. The normalized spacial score (nSPS) is 11.0. The molecule has 0 aliphatic carbocycles. The molecule has 0 saturated carbocycles. The molecule has 7 nitrogen and oxygen atoms in total. The van der Waals surface area contributed by atoms with Gasteiger partial charge in [-0.25, -0.2) is 4.98 Å². The molecule has 3 aromatic heterocycles. The van der Waals surface area contributed by atoms with Crippen LogP contribution in [-0.4, -0.2) is 37.2 Å². The second-order valence-corrected chi connectivity index (χ2v) is 10.5. The van der Waals surface area contributed by atoms with Gasteiger partial charge in [-0.05, 0) is 48.7 Å². The van der Waals surface area contributed by atoms with Gasteiger partial charge in [0.1, 0.15) is 10.7 Å². The molecular weight excluding hydrogens is 524 g/mol. The molecular formula is C27H23ClN6OS2. The van der Waals surface area contributed by atoms with Crippen molar-refractivity contribution in [2.75, 3.05) is 6.54 Å². The van der Waals surface area contributed by atoms with Crippen LogP contribution in [0.1, 0.15) is 26.6 Å². The number of halogens is 1. The summed E-state index contributed by atoms with van der Waals surface area (Å²) in [5.74, 6) is 1.06. The highest BCUT2D eigenvalue weighted by atomic mass is 35.5. The zero-order valence-electron chi connectivity index (χ0n) is 20.0. The van der Waals surface area contributed by atoms with Crippen molar-refractivity contribution in [3.63, 3.8) is 0 Å². The third-order valence-electron chi connectivity index (χ3n) is 5.62. The number of carbonyl (C=O) groups is 1. The zero-order valence-corrected chi connectivity index (χ0v) is 22.4. The van der Waals surface area contributed by atoms with Crippen LogP contribution < -0.4 is 5.32 Å². The van der Waals surface area contributed by atoms with E-state index >= 15 is 0 Å². The van der Waals surface area contributed by atoms with Gasteiger partial charge in [-0.2, -0.15) is 0 Å². The molecule has 10 heteroatoms. The van der Waals surface area contributed by atoms with Gasteiger partial charge in [0.15, 0.2) is 11.0 Å². The number of thioether (sulfide) groups is 1. The fraction of sp³-hybridized carbons (Fsp3) is 0.148. The van der Waals surface area contributed by atoms with E-state index in [1.165, 1.54) is 28.7 Å². The fourth-order valence-corrected chi connectivity index (χ4v) is 5.65. The number of thiazole rings is 1. The van der Waals surface area contributed by atoms with Gasteiger partial charge >= 0.3 is 0 Å². The van der Waals surface area contributed by atoms with Gasteiger partial charge < -0.3 is 5.32 Å². The SMILES string of the molecule is Cc1ccc(Cl)cc1-n1c(SCc2nc(C(=O)NCCc3ccccc3)cs2)nnc1-c1cccnc1. The largest absolute Gasteiger partial charge is 0.350 e. The summed E-state index contributed by atoms with van der Waals surface area (Å²) in [7, 11) is 0. The Balaban J connectivity index is 1.31.